The molecule has 2 rings (SSSR count). The van der Waals surface area contributed by atoms with Crippen molar-refractivity contribution in [3.05, 3.63) is 46.2 Å². The number of carbonyl (C=O) groups is 1. The first-order valence-corrected chi connectivity index (χ1v) is 7.92. The van der Waals surface area contributed by atoms with Gasteiger partial charge in [0.25, 0.3) is 0 Å². The van der Waals surface area contributed by atoms with Crippen LogP contribution in [0.3, 0.4) is 0 Å². The fourth-order valence-corrected chi connectivity index (χ4v) is 2.64. The van der Waals surface area contributed by atoms with Crippen molar-refractivity contribution in [2.24, 2.45) is 0 Å². The van der Waals surface area contributed by atoms with Crippen LogP contribution in [0.25, 0.3) is 0 Å². The molecule has 4 nitrogen and oxygen atoms in total. The van der Waals surface area contributed by atoms with E-state index in [2.05, 4.69) is 5.32 Å². The van der Waals surface area contributed by atoms with Crippen molar-refractivity contribution in [2.45, 2.75) is 25.0 Å². The fourth-order valence-electron chi connectivity index (χ4n) is 2.00. The highest BCUT2D eigenvalue weighted by Gasteiger charge is 2.26. The zero-order valence-electron chi connectivity index (χ0n) is 11.9. The second-order valence-corrected chi connectivity index (χ2v) is 5.94. The highest BCUT2D eigenvalue weighted by Crippen LogP contribution is 2.31. The number of hydrogen-bond donors (Lipinski definition) is 2. The molecule has 1 aromatic heterocycles. The molecule has 2 aromatic rings. The Balaban J connectivity index is 2.37. The Hall–Kier alpha value is -1.59. The number of halogens is 1. The van der Waals surface area contributed by atoms with Crippen LogP contribution in [0.1, 0.15) is 22.9 Å². The van der Waals surface area contributed by atoms with Crippen molar-refractivity contribution in [3.63, 3.8) is 0 Å². The maximum absolute atomic E-state index is 11.6. The van der Waals surface area contributed by atoms with Crippen molar-refractivity contribution < 1.29 is 14.3 Å². The van der Waals surface area contributed by atoms with E-state index >= 15 is 0 Å². The molecule has 0 radical (unpaired) electrons. The van der Waals surface area contributed by atoms with Gasteiger partial charge in [0.1, 0.15) is 5.76 Å². The third kappa shape index (κ3) is 3.54. The molecular formula is C15H16ClNO3S. The molecule has 0 aliphatic rings. The average molecular weight is 326 g/mol. The summed E-state index contributed by atoms with van der Waals surface area (Å²) >= 11 is 7.41. The Labute approximate surface area is 132 Å². The lowest BCUT2D eigenvalue weighted by Crippen LogP contribution is -2.21. The number of aliphatic carboxylic acids is 1. The van der Waals surface area contributed by atoms with E-state index in [1.165, 1.54) is 11.8 Å². The first-order valence-electron chi connectivity index (χ1n) is 6.32. The Morgan fingerprint density at radius 1 is 1.33 bits per heavy atom. The Kier molecular flexibility index (Phi) is 4.85. The van der Waals surface area contributed by atoms with Crippen LogP contribution in [-0.2, 0) is 4.79 Å². The smallest absolute Gasteiger partial charge is 0.334 e. The van der Waals surface area contributed by atoms with Crippen LogP contribution in [0.4, 0.5) is 5.69 Å². The number of thioether (sulfide) groups is 1. The summed E-state index contributed by atoms with van der Waals surface area (Å²) in [5.41, 5.74) is 2.40. The van der Waals surface area contributed by atoms with Gasteiger partial charge in [0.2, 0.25) is 0 Å². The van der Waals surface area contributed by atoms with E-state index in [0.717, 1.165) is 11.1 Å². The number of rotatable bonds is 5. The van der Waals surface area contributed by atoms with Crippen molar-refractivity contribution in [2.75, 3.05) is 11.6 Å². The Morgan fingerprint density at radius 2 is 2.05 bits per heavy atom. The van der Waals surface area contributed by atoms with Crippen LogP contribution in [0.5, 0.6) is 0 Å². The number of nitrogens with one attached hydrogen (secondary N) is 1. The van der Waals surface area contributed by atoms with Gasteiger partial charge in [-0.2, -0.15) is 0 Å². The van der Waals surface area contributed by atoms with Gasteiger partial charge < -0.3 is 14.8 Å². The quantitative estimate of drug-likeness (QED) is 0.792. The number of carboxylic acids is 1. The second kappa shape index (κ2) is 6.45. The minimum Gasteiger partial charge on any atom is -0.479 e. The molecule has 0 saturated carbocycles. The topological polar surface area (TPSA) is 62.5 Å². The first-order chi connectivity index (χ1) is 9.92. The average Bonchev–Trinajstić information content (AvgIpc) is 2.80. The summed E-state index contributed by atoms with van der Waals surface area (Å²) in [6.07, 6.45) is 1.88. The summed E-state index contributed by atoms with van der Waals surface area (Å²) < 4.78 is 5.62. The molecule has 1 atom stereocenters. The van der Waals surface area contributed by atoms with Crippen molar-refractivity contribution in [1.29, 1.82) is 0 Å². The van der Waals surface area contributed by atoms with E-state index in [1.54, 1.807) is 12.1 Å². The van der Waals surface area contributed by atoms with Gasteiger partial charge >= 0.3 is 5.97 Å². The number of furan rings is 1. The number of aryl methyl sites for hydroxylation is 2. The highest BCUT2D eigenvalue weighted by molar-refractivity contribution is 7.98. The number of anilines is 1. The largest absolute Gasteiger partial charge is 0.479 e. The van der Waals surface area contributed by atoms with Gasteiger partial charge in [-0.3, -0.25) is 0 Å². The number of hydrogen-bond acceptors (Lipinski definition) is 4. The van der Waals surface area contributed by atoms with Crippen LogP contribution in [0, 0.1) is 13.8 Å². The van der Waals surface area contributed by atoms with Gasteiger partial charge in [-0.1, -0.05) is 29.4 Å². The molecule has 0 spiro atoms. The van der Waals surface area contributed by atoms with Gasteiger partial charge in [0.15, 0.2) is 11.1 Å². The second-order valence-electron chi connectivity index (χ2n) is 4.69. The molecule has 6 heteroatoms. The van der Waals surface area contributed by atoms with E-state index in [9.17, 15) is 9.90 Å². The van der Waals surface area contributed by atoms with Gasteiger partial charge in [0, 0.05) is 10.7 Å². The molecule has 1 aromatic carbocycles. The third-order valence-electron chi connectivity index (χ3n) is 3.14. The van der Waals surface area contributed by atoms with E-state index in [4.69, 9.17) is 16.0 Å². The molecule has 0 aliphatic heterocycles. The normalized spacial score (nSPS) is 12.2. The predicted molar refractivity (Wildman–Crippen MR) is 85.4 cm³/mol. The summed E-state index contributed by atoms with van der Waals surface area (Å²) in [5.74, 6) is -0.592. The minimum absolute atomic E-state index is 0.409. The molecule has 1 heterocycles. The van der Waals surface area contributed by atoms with Crippen molar-refractivity contribution in [1.82, 2.24) is 0 Å². The van der Waals surface area contributed by atoms with Gasteiger partial charge in [0.05, 0.1) is 0 Å². The lowest BCUT2D eigenvalue weighted by atomic mass is 10.1. The van der Waals surface area contributed by atoms with Crippen LogP contribution in [0.2, 0.25) is 5.02 Å². The SMILES string of the molecule is CSc1cc(C)c(C(Nc2cc(Cl)ccc2C)C(=O)O)o1. The van der Waals surface area contributed by atoms with E-state index in [0.29, 0.717) is 21.6 Å². The number of carboxylic acid groups (broad SMARTS) is 1. The minimum atomic E-state index is -1.00. The monoisotopic (exact) mass is 325 g/mol. The molecule has 1 unspecified atom stereocenters. The fraction of sp³-hybridized carbons (Fsp3) is 0.267. The summed E-state index contributed by atoms with van der Waals surface area (Å²) in [4.78, 5) is 11.6. The van der Waals surface area contributed by atoms with Crippen LogP contribution in [-0.4, -0.2) is 17.3 Å². The molecular weight excluding hydrogens is 310 g/mol. The maximum atomic E-state index is 11.6. The lowest BCUT2D eigenvalue weighted by Gasteiger charge is -2.16. The summed E-state index contributed by atoms with van der Waals surface area (Å²) in [6, 6.07) is 6.19. The number of benzene rings is 1. The van der Waals surface area contributed by atoms with Gasteiger partial charge in [-0.05, 0) is 49.4 Å². The standard InChI is InChI=1S/C15H16ClNO3S/c1-8-4-5-10(16)7-11(8)17-13(15(18)19)14-9(2)6-12(20-14)21-3/h4-7,13,17H,1-3H3,(H,18,19). The van der Waals surface area contributed by atoms with Crippen molar-refractivity contribution >= 4 is 35.0 Å². The zero-order chi connectivity index (χ0) is 15.6. The van der Waals surface area contributed by atoms with Gasteiger partial charge in [-0.25, -0.2) is 4.79 Å². The Bertz CT molecular complexity index is 669. The highest BCUT2D eigenvalue weighted by atomic mass is 35.5. The molecule has 2 N–H and O–H groups in total. The maximum Gasteiger partial charge on any atom is 0.334 e. The molecule has 21 heavy (non-hydrogen) atoms. The van der Waals surface area contributed by atoms with E-state index < -0.39 is 12.0 Å². The van der Waals surface area contributed by atoms with E-state index in [1.807, 2.05) is 32.2 Å². The molecule has 0 fully saturated rings. The predicted octanol–water partition coefficient (Wildman–Crippen LogP) is 4.51. The van der Waals surface area contributed by atoms with E-state index in [-0.39, 0.29) is 0 Å². The molecule has 0 bridgehead atoms. The van der Waals surface area contributed by atoms with Crippen LogP contribution < -0.4 is 5.32 Å². The summed E-state index contributed by atoms with van der Waals surface area (Å²) in [5, 5.41) is 13.7. The third-order valence-corrected chi connectivity index (χ3v) is 3.98. The summed E-state index contributed by atoms with van der Waals surface area (Å²) in [6.45, 7) is 3.72. The molecule has 0 amide bonds. The lowest BCUT2D eigenvalue weighted by molar-refractivity contribution is -0.138. The molecule has 0 saturated heterocycles. The Morgan fingerprint density at radius 3 is 2.62 bits per heavy atom. The van der Waals surface area contributed by atoms with Gasteiger partial charge in [-0.15, -0.1) is 0 Å². The zero-order valence-corrected chi connectivity index (χ0v) is 13.5. The molecule has 112 valence electrons. The van der Waals surface area contributed by atoms with Crippen LogP contribution in [0.15, 0.2) is 33.8 Å². The molecule has 0 aliphatic carbocycles. The van der Waals surface area contributed by atoms with Crippen molar-refractivity contribution in [3.8, 4) is 0 Å². The van der Waals surface area contributed by atoms with Crippen LogP contribution >= 0.6 is 23.4 Å². The first kappa shape index (κ1) is 15.8. The summed E-state index contributed by atoms with van der Waals surface area (Å²) in [7, 11) is 0.